The predicted octanol–water partition coefficient (Wildman–Crippen LogP) is 2.20. The minimum Gasteiger partial charge on any atom is -0.229 e. The summed E-state index contributed by atoms with van der Waals surface area (Å²) in [5.41, 5.74) is 0. The van der Waals surface area contributed by atoms with Crippen LogP contribution in [-0.2, 0) is 9.84 Å². The smallest absolute Gasteiger partial charge is 0.147 e. The van der Waals surface area contributed by atoms with Crippen molar-refractivity contribution >= 4 is 21.6 Å². The lowest BCUT2D eigenvalue weighted by Crippen LogP contribution is -2.14. The summed E-state index contributed by atoms with van der Waals surface area (Å²) in [6, 6.07) is 0. The van der Waals surface area contributed by atoms with Crippen LogP contribution in [0.25, 0.3) is 0 Å². The lowest BCUT2D eigenvalue weighted by Gasteiger charge is -2.08. The highest BCUT2D eigenvalue weighted by Gasteiger charge is 2.09. The number of sulfone groups is 1. The molecule has 0 aromatic rings. The Morgan fingerprint density at radius 3 is 2.46 bits per heavy atom. The predicted molar refractivity (Wildman–Crippen MR) is 61.1 cm³/mol. The zero-order chi connectivity index (χ0) is 10.3. The SMILES string of the molecule is CCCCSC[C@H](C)CS(C)(=O)=O. The van der Waals surface area contributed by atoms with Crippen LogP contribution in [-0.4, -0.2) is 31.9 Å². The summed E-state index contributed by atoms with van der Waals surface area (Å²) in [4.78, 5) is 0. The maximum Gasteiger partial charge on any atom is 0.147 e. The van der Waals surface area contributed by atoms with Crippen LogP contribution in [0.4, 0.5) is 0 Å². The van der Waals surface area contributed by atoms with Gasteiger partial charge in [0.15, 0.2) is 0 Å². The van der Waals surface area contributed by atoms with E-state index in [0.717, 1.165) is 11.5 Å². The van der Waals surface area contributed by atoms with Crippen molar-refractivity contribution in [2.45, 2.75) is 26.7 Å². The number of unbranched alkanes of at least 4 members (excludes halogenated alkanes) is 1. The Balaban J connectivity index is 3.47. The highest BCUT2D eigenvalue weighted by molar-refractivity contribution is 7.99. The van der Waals surface area contributed by atoms with Gasteiger partial charge in [-0.25, -0.2) is 8.42 Å². The van der Waals surface area contributed by atoms with Crippen LogP contribution in [0.2, 0.25) is 0 Å². The maximum atomic E-state index is 10.9. The van der Waals surface area contributed by atoms with E-state index in [9.17, 15) is 8.42 Å². The van der Waals surface area contributed by atoms with Gasteiger partial charge < -0.3 is 0 Å². The molecule has 0 aliphatic carbocycles. The third-order valence-electron chi connectivity index (χ3n) is 1.63. The summed E-state index contributed by atoms with van der Waals surface area (Å²) in [7, 11) is -2.78. The largest absolute Gasteiger partial charge is 0.229 e. The maximum absolute atomic E-state index is 10.9. The van der Waals surface area contributed by atoms with Crippen molar-refractivity contribution in [2.75, 3.05) is 23.5 Å². The molecule has 0 spiro atoms. The van der Waals surface area contributed by atoms with Gasteiger partial charge in [-0.15, -0.1) is 0 Å². The lowest BCUT2D eigenvalue weighted by molar-refractivity contribution is 0.589. The van der Waals surface area contributed by atoms with Gasteiger partial charge in [-0.2, -0.15) is 11.8 Å². The van der Waals surface area contributed by atoms with E-state index >= 15 is 0 Å². The summed E-state index contributed by atoms with van der Waals surface area (Å²) in [6.45, 7) is 4.17. The van der Waals surface area contributed by atoms with Crippen molar-refractivity contribution in [1.82, 2.24) is 0 Å². The van der Waals surface area contributed by atoms with Crippen LogP contribution in [0.15, 0.2) is 0 Å². The number of hydrogen-bond donors (Lipinski definition) is 0. The van der Waals surface area contributed by atoms with Crippen LogP contribution in [0.3, 0.4) is 0 Å². The van der Waals surface area contributed by atoms with Gasteiger partial charge in [0.2, 0.25) is 0 Å². The first-order valence-corrected chi connectivity index (χ1v) is 7.92. The number of hydrogen-bond acceptors (Lipinski definition) is 3. The summed E-state index contributed by atoms with van der Waals surface area (Å²) in [5.74, 6) is 2.74. The zero-order valence-electron chi connectivity index (χ0n) is 8.75. The normalized spacial score (nSPS) is 14.4. The van der Waals surface area contributed by atoms with Gasteiger partial charge in [-0.05, 0) is 23.8 Å². The molecule has 2 nitrogen and oxygen atoms in total. The molecular formula is C9H20O2S2. The first-order chi connectivity index (χ1) is 5.95. The average Bonchev–Trinajstić information content (AvgIpc) is 1.94. The summed E-state index contributed by atoms with van der Waals surface area (Å²) in [6.07, 6.45) is 3.75. The Hall–Kier alpha value is 0.300. The van der Waals surface area contributed by atoms with E-state index in [1.54, 1.807) is 0 Å². The lowest BCUT2D eigenvalue weighted by atomic mass is 10.3. The van der Waals surface area contributed by atoms with Gasteiger partial charge in [0.05, 0.1) is 5.75 Å². The molecule has 0 heterocycles. The van der Waals surface area contributed by atoms with Crippen LogP contribution in [0.5, 0.6) is 0 Å². The van der Waals surface area contributed by atoms with E-state index in [2.05, 4.69) is 6.92 Å². The van der Waals surface area contributed by atoms with Crippen LogP contribution < -0.4 is 0 Å². The molecular weight excluding hydrogens is 204 g/mol. The fourth-order valence-electron chi connectivity index (χ4n) is 1.10. The van der Waals surface area contributed by atoms with E-state index in [4.69, 9.17) is 0 Å². The Morgan fingerprint density at radius 2 is 2.00 bits per heavy atom. The van der Waals surface area contributed by atoms with Crippen LogP contribution >= 0.6 is 11.8 Å². The zero-order valence-corrected chi connectivity index (χ0v) is 10.4. The number of rotatable bonds is 7. The molecule has 0 saturated carbocycles. The Morgan fingerprint density at radius 1 is 1.38 bits per heavy atom. The molecule has 0 N–H and O–H groups in total. The molecule has 4 heteroatoms. The molecule has 0 aromatic heterocycles. The third kappa shape index (κ3) is 10.2. The topological polar surface area (TPSA) is 34.1 Å². The van der Waals surface area contributed by atoms with Crippen LogP contribution in [0, 0.1) is 5.92 Å². The second-order valence-electron chi connectivity index (χ2n) is 3.63. The number of thioether (sulfide) groups is 1. The molecule has 0 bridgehead atoms. The summed E-state index contributed by atoms with van der Waals surface area (Å²) >= 11 is 1.86. The monoisotopic (exact) mass is 224 g/mol. The second-order valence-corrected chi connectivity index (χ2v) is 6.96. The molecule has 80 valence electrons. The van der Waals surface area contributed by atoms with Gasteiger partial charge >= 0.3 is 0 Å². The third-order valence-corrected chi connectivity index (χ3v) is 4.19. The fourth-order valence-corrected chi connectivity index (χ4v) is 3.58. The first kappa shape index (κ1) is 13.3. The van der Waals surface area contributed by atoms with Crippen LogP contribution in [0.1, 0.15) is 26.7 Å². The highest BCUT2D eigenvalue weighted by atomic mass is 32.2. The molecule has 1 atom stereocenters. The molecule has 0 aliphatic rings. The Kier molecular flexibility index (Phi) is 6.86. The van der Waals surface area contributed by atoms with E-state index in [1.165, 1.54) is 19.1 Å². The minimum absolute atomic E-state index is 0.289. The van der Waals surface area contributed by atoms with E-state index in [-0.39, 0.29) is 5.92 Å². The van der Waals surface area contributed by atoms with Crippen molar-refractivity contribution in [3.63, 3.8) is 0 Å². The van der Waals surface area contributed by atoms with Crippen molar-refractivity contribution in [3.05, 3.63) is 0 Å². The van der Waals surface area contributed by atoms with Gasteiger partial charge in [0, 0.05) is 6.26 Å². The first-order valence-electron chi connectivity index (χ1n) is 4.71. The summed E-state index contributed by atoms with van der Waals surface area (Å²) < 4.78 is 21.8. The molecule has 0 rings (SSSR count). The molecule has 0 radical (unpaired) electrons. The molecule has 0 saturated heterocycles. The average molecular weight is 224 g/mol. The highest BCUT2D eigenvalue weighted by Crippen LogP contribution is 2.11. The fraction of sp³-hybridized carbons (Fsp3) is 1.00. The molecule has 0 unspecified atom stereocenters. The van der Waals surface area contributed by atoms with Crippen molar-refractivity contribution in [2.24, 2.45) is 5.92 Å². The molecule has 0 aliphatic heterocycles. The Bertz CT molecular complexity index is 210. The van der Waals surface area contributed by atoms with Crippen molar-refractivity contribution in [3.8, 4) is 0 Å². The molecule has 13 heavy (non-hydrogen) atoms. The van der Waals surface area contributed by atoms with Gasteiger partial charge in [-0.3, -0.25) is 0 Å². The minimum atomic E-state index is -2.78. The van der Waals surface area contributed by atoms with E-state index < -0.39 is 9.84 Å². The molecule has 0 amide bonds. The Labute approximate surface area is 86.4 Å². The second kappa shape index (κ2) is 6.71. The van der Waals surface area contributed by atoms with Crippen molar-refractivity contribution in [1.29, 1.82) is 0 Å². The quantitative estimate of drug-likeness (QED) is 0.622. The van der Waals surface area contributed by atoms with E-state index in [1.807, 2.05) is 18.7 Å². The standard InChI is InChI=1S/C9H20O2S2/c1-4-5-6-12-7-9(2)8-13(3,10)11/h9H,4-8H2,1-3H3/t9-/m0/s1. The molecule has 0 fully saturated rings. The van der Waals surface area contributed by atoms with Gasteiger partial charge in [0.1, 0.15) is 9.84 Å². The van der Waals surface area contributed by atoms with Crippen molar-refractivity contribution < 1.29 is 8.42 Å². The van der Waals surface area contributed by atoms with E-state index in [0.29, 0.717) is 5.75 Å². The van der Waals surface area contributed by atoms with Gasteiger partial charge in [0.25, 0.3) is 0 Å². The summed E-state index contributed by atoms with van der Waals surface area (Å²) in [5, 5.41) is 0. The van der Waals surface area contributed by atoms with Gasteiger partial charge in [-0.1, -0.05) is 20.3 Å². The molecule has 0 aromatic carbocycles.